The highest BCUT2D eigenvalue weighted by atomic mass is 35.5. The van der Waals surface area contributed by atoms with E-state index in [1.54, 1.807) is 6.07 Å². The van der Waals surface area contributed by atoms with Crippen LogP contribution in [0.3, 0.4) is 0 Å². The van der Waals surface area contributed by atoms with Crippen molar-refractivity contribution in [1.29, 1.82) is 0 Å². The molecule has 0 unspecified atom stereocenters. The number of carbonyl (C=O) groups is 3. The van der Waals surface area contributed by atoms with Crippen LogP contribution in [0.5, 0.6) is 0 Å². The summed E-state index contributed by atoms with van der Waals surface area (Å²) in [6, 6.07) is 11.4. The third-order valence-corrected chi connectivity index (χ3v) is 7.50. The van der Waals surface area contributed by atoms with Crippen molar-refractivity contribution in [3.8, 4) is 0 Å². The van der Waals surface area contributed by atoms with E-state index >= 15 is 0 Å². The van der Waals surface area contributed by atoms with Crippen LogP contribution >= 0.6 is 34.7 Å². The maximum Gasteiger partial charge on any atom is 0.316 e. The third-order valence-electron chi connectivity index (χ3n) is 4.95. The minimum Gasteiger partial charge on any atom is -0.455 e. The smallest absolute Gasteiger partial charge is 0.316 e. The molecule has 0 radical (unpaired) electrons. The summed E-state index contributed by atoms with van der Waals surface area (Å²) < 4.78 is 5.10. The predicted molar refractivity (Wildman–Crippen MR) is 124 cm³/mol. The number of amides is 2. The number of hydrogen-bond acceptors (Lipinski definition) is 6. The molecule has 0 fully saturated rings. The molecule has 0 aliphatic heterocycles. The molecule has 2 aromatic carbocycles. The van der Waals surface area contributed by atoms with E-state index in [2.05, 4.69) is 5.32 Å². The number of anilines is 1. The quantitative estimate of drug-likeness (QED) is 0.390. The van der Waals surface area contributed by atoms with Crippen LogP contribution in [0.15, 0.2) is 41.3 Å². The number of halogens is 1. The summed E-state index contributed by atoms with van der Waals surface area (Å²) in [7, 11) is 0. The van der Waals surface area contributed by atoms with Gasteiger partial charge < -0.3 is 15.8 Å². The second kappa shape index (κ2) is 9.30. The Hall–Kier alpha value is -2.55. The highest BCUT2D eigenvalue weighted by molar-refractivity contribution is 8.00. The van der Waals surface area contributed by atoms with Gasteiger partial charge in [0.2, 0.25) is 0 Å². The van der Waals surface area contributed by atoms with E-state index in [-0.39, 0.29) is 5.75 Å². The molecule has 3 N–H and O–H groups in total. The Kier molecular flexibility index (Phi) is 6.50. The van der Waals surface area contributed by atoms with Crippen LogP contribution < -0.4 is 11.1 Å². The van der Waals surface area contributed by atoms with Crippen LogP contribution in [0, 0.1) is 0 Å². The highest BCUT2D eigenvalue weighted by Gasteiger charge is 2.26. The number of thiophene rings is 1. The van der Waals surface area contributed by atoms with Crippen molar-refractivity contribution in [3.63, 3.8) is 0 Å². The number of esters is 1. The molecular weight excluding hydrogens is 456 g/mol. The zero-order valence-corrected chi connectivity index (χ0v) is 18.8. The maximum atomic E-state index is 12.3. The summed E-state index contributed by atoms with van der Waals surface area (Å²) in [5, 5.41) is 5.57. The molecule has 0 bridgehead atoms. The van der Waals surface area contributed by atoms with Gasteiger partial charge in [0.15, 0.2) is 6.61 Å². The van der Waals surface area contributed by atoms with Gasteiger partial charge in [0.1, 0.15) is 5.00 Å². The predicted octanol–water partition coefficient (Wildman–Crippen LogP) is 4.42. The van der Waals surface area contributed by atoms with Gasteiger partial charge in [-0.15, -0.1) is 23.1 Å². The van der Waals surface area contributed by atoms with Gasteiger partial charge in [0, 0.05) is 20.2 Å². The summed E-state index contributed by atoms with van der Waals surface area (Å²) in [5.74, 6) is -1.55. The average Bonchev–Trinajstić information content (AvgIpc) is 3.31. The Morgan fingerprint density at radius 3 is 2.71 bits per heavy atom. The molecule has 1 aromatic heterocycles. The fraction of sp³-hybridized carbons (Fsp3) is 0.227. The van der Waals surface area contributed by atoms with Gasteiger partial charge in [-0.05, 0) is 42.3 Å². The van der Waals surface area contributed by atoms with Gasteiger partial charge in [-0.3, -0.25) is 14.4 Å². The van der Waals surface area contributed by atoms with Crippen molar-refractivity contribution in [2.24, 2.45) is 5.73 Å². The molecule has 31 heavy (non-hydrogen) atoms. The second-order valence-electron chi connectivity index (χ2n) is 7.02. The summed E-state index contributed by atoms with van der Waals surface area (Å²) >= 11 is 8.97. The Balaban J connectivity index is 1.33. The van der Waals surface area contributed by atoms with E-state index < -0.39 is 24.4 Å². The largest absolute Gasteiger partial charge is 0.455 e. The summed E-state index contributed by atoms with van der Waals surface area (Å²) in [5.41, 5.74) is 6.80. The second-order valence-corrected chi connectivity index (χ2v) is 9.55. The van der Waals surface area contributed by atoms with Crippen LogP contribution in [0.4, 0.5) is 5.00 Å². The van der Waals surface area contributed by atoms with E-state index in [1.165, 1.54) is 23.1 Å². The van der Waals surface area contributed by atoms with E-state index in [9.17, 15) is 14.4 Å². The summed E-state index contributed by atoms with van der Waals surface area (Å²) in [6.07, 6.45) is 2.64. The lowest BCUT2D eigenvalue weighted by molar-refractivity contribution is -0.144. The van der Waals surface area contributed by atoms with Crippen molar-refractivity contribution >= 4 is 68.3 Å². The first-order valence-corrected chi connectivity index (χ1v) is 11.8. The fourth-order valence-electron chi connectivity index (χ4n) is 3.62. The standard InChI is InChI=1S/C22H19ClN2O4S2/c23-14-7-1-4-12-5-2-9-16(19(12)14)30-11-18(27)29-10-17(26)25-22-20(21(24)28)13-6-3-8-15(13)31-22/h1-2,4-5,7,9H,3,6,8,10-11H2,(H2,24,28)(H,25,26). The first kappa shape index (κ1) is 21.7. The van der Waals surface area contributed by atoms with Crippen LogP contribution in [-0.4, -0.2) is 30.1 Å². The zero-order chi connectivity index (χ0) is 22.0. The van der Waals surface area contributed by atoms with Gasteiger partial charge in [-0.2, -0.15) is 0 Å². The van der Waals surface area contributed by atoms with Gasteiger partial charge in [-0.25, -0.2) is 0 Å². The van der Waals surface area contributed by atoms with Gasteiger partial charge in [0.25, 0.3) is 11.8 Å². The molecule has 6 nitrogen and oxygen atoms in total. The number of hydrogen-bond donors (Lipinski definition) is 2. The number of ether oxygens (including phenoxy) is 1. The van der Waals surface area contributed by atoms with E-state index in [1.807, 2.05) is 30.3 Å². The SMILES string of the molecule is NC(=O)c1c(NC(=O)COC(=O)CSc2cccc3cccc(Cl)c23)sc2c1CCC2. The van der Waals surface area contributed by atoms with Crippen LogP contribution in [0.25, 0.3) is 10.8 Å². The molecular formula is C22H19ClN2O4S2. The molecule has 1 heterocycles. The van der Waals surface area contributed by atoms with Gasteiger partial charge in [-0.1, -0.05) is 35.9 Å². The first-order valence-electron chi connectivity index (χ1n) is 9.64. The normalized spacial score (nSPS) is 12.5. The molecule has 4 rings (SSSR count). The first-order chi connectivity index (χ1) is 14.9. The van der Waals surface area contributed by atoms with Crippen LogP contribution in [-0.2, 0) is 27.2 Å². The minimum atomic E-state index is -0.558. The maximum absolute atomic E-state index is 12.3. The fourth-order valence-corrected chi connectivity index (χ4v) is 6.18. The number of aryl methyl sites for hydroxylation is 1. The number of thioether (sulfide) groups is 1. The number of primary amides is 1. The molecule has 9 heteroatoms. The van der Waals surface area contributed by atoms with E-state index in [0.717, 1.165) is 45.4 Å². The van der Waals surface area contributed by atoms with Gasteiger partial charge in [0.05, 0.1) is 11.3 Å². The molecule has 0 saturated carbocycles. The molecule has 160 valence electrons. The molecule has 2 amide bonds. The number of nitrogens with one attached hydrogen (secondary N) is 1. The minimum absolute atomic E-state index is 0.0391. The lowest BCUT2D eigenvalue weighted by atomic mass is 10.1. The van der Waals surface area contributed by atoms with Crippen LogP contribution in [0.1, 0.15) is 27.2 Å². The molecule has 0 atom stereocenters. The third kappa shape index (κ3) is 4.71. The molecule has 1 aliphatic carbocycles. The monoisotopic (exact) mass is 474 g/mol. The van der Waals surface area contributed by atoms with E-state index in [4.69, 9.17) is 22.1 Å². The molecule has 0 spiro atoms. The van der Waals surface area contributed by atoms with Crippen LogP contribution in [0.2, 0.25) is 5.02 Å². The van der Waals surface area contributed by atoms with Crippen molar-refractivity contribution in [1.82, 2.24) is 0 Å². The van der Waals surface area contributed by atoms with Crippen molar-refractivity contribution < 1.29 is 19.1 Å². The van der Waals surface area contributed by atoms with Crippen molar-refractivity contribution in [2.45, 2.75) is 24.2 Å². The zero-order valence-electron chi connectivity index (χ0n) is 16.4. The average molecular weight is 475 g/mol. The Bertz CT molecular complexity index is 1190. The number of carbonyl (C=O) groups excluding carboxylic acids is 3. The topological polar surface area (TPSA) is 98.5 Å². The lowest BCUT2D eigenvalue weighted by Crippen LogP contribution is -2.23. The Labute approximate surface area is 192 Å². The van der Waals surface area contributed by atoms with Crippen molar-refractivity contribution in [3.05, 3.63) is 57.4 Å². The Morgan fingerprint density at radius 2 is 1.94 bits per heavy atom. The van der Waals surface area contributed by atoms with Crippen molar-refractivity contribution in [2.75, 3.05) is 17.7 Å². The van der Waals surface area contributed by atoms with E-state index in [0.29, 0.717) is 15.6 Å². The number of rotatable bonds is 7. The lowest BCUT2D eigenvalue weighted by Gasteiger charge is -2.09. The summed E-state index contributed by atoms with van der Waals surface area (Å²) in [6.45, 7) is -0.434. The molecule has 3 aromatic rings. The molecule has 0 saturated heterocycles. The molecule has 1 aliphatic rings. The Morgan fingerprint density at radius 1 is 1.16 bits per heavy atom. The van der Waals surface area contributed by atoms with Gasteiger partial charge >= 0.3 is 5.97 Å². The highest BCUT2D eigenvalue weighted by Crippen LogP contribution is 2.38. The number of nitrogens with two attached hydrogens (primary N) is 1. The summed E-state index contributed by atoms with van der Waals surface area (Å²) in [4.78, 5) is 38.2. The number of benzene rings is 2. The number of fused-ring (bicyclic) bond motifs is 2.